The molecule has 1 amide bonds. The van der Waals surface area contributed by atoms with Crippen LogP contribution < -0.4 is 10.1 Å². The van der Waals surface area contributed by atoms with E-state index in [9.17, 15) is 9.18 Å². The van der Waals surface area contributed by atoms with Crippen molar-refractivity contribution in [1.82, 2.24) is 4.98 Å². The third-order valence-electron chi connectivity index (χ3n) is 3.16. The Hall–Kier alpha value is -2.92. The fourth-order valence-corrected chi connectivity index (χ4v) is 2.20. The molecule has 0 aliphatic rings. The average Bonchev–Trinajstić information content (AvgIpc) is 2.59. The van der Waals surface area contributed by atoms with Crippen LogP contribution in [0, 0.1) is 5.82 Å². The smallest absolute Gasteiger partial charge is 0.255 e. The molecule has 0 aliphatic carbocycles. The highest BCUT2D eigenvalue weighted by Crippen LogP contribution is 2.23. The molecule has 1 N–H and O–H groups in total. The molecule has 24 heavy (non-hydrogen) atoms. The highest BCUT2D eigenvalue weighted by atomic mass is 35.5. The van der Waals surface area contributed by atoms with Crippen LogP contribution in [0.3, 0.4) is 0 Å². The van der Waals surface area contributed by atoms with E-state index in [1.807, 2.05) is 0 Å². The Morgan fingerprint density at radius 1 is 1.04 bits per heavy atom. The van der Waals surface area contributed by atoms with Crippen molar-refractivity contribution < 1.29 is 13.9 Å². The highest BCUT2D eigenvalue weighted by molar-refractivity contribution is 6.31. The lowest BCUT2D eigenvalue weighted by Gasteiger charge is -2.09. The van der Waals surface area contributed by atoms with Crippen LogP contribution in [-0.2, 0) is 0 Å². The molecule has 6 heteroatoms. The predicted octanol–water partition coefficient (Wildman–Crippen LogP) is 4.92. The molecule has 2 aromatic carbocycles. The molecule has 120 valence electrons. The average molecular weight is 343 g/mol. The van der Waals surface area contributed by atoms with Gasteiger partial charge in [0.25, 0.3) is 5.91 Å². The molecule has 0 unspecified atom stereocenters. The fourth-order valence-electron chi connectivity index (χ4n) is 2.02. The number of pyridine rings is 1. The van der Waals surface area contributed by atoms with E-state index in [2.05, 4.69) is 10.3 Å². The van der Waals surface area contributed by atoms with Crippen molar-refractivity contribution in [3.05, 3.63) is 83.4 Å². The van der Waals surface area contributed by atoms with E-state index in [0.29, 0.717) is 22.7 Å². The lowest BCUT2D eigenvalue weighted by molar-refractivity contribution is 0.102. The van der Waals surface area contributed by atoms with Crippen molar-refractivity contribution in [2.75, 3.05) is 5.32 Å². The van der Waals surface area contributed by atoms with Gasteiger partial charge in [0.1, 0.15) is 17.3 Å². The molecule has 0 spiro atoms. The SMILES string of the molecule is O=C(Nc1ccc(F)c(Cl)c1)c1cccc(Oc2ccncc2)c1. The van der Waals surface area contributed by atoms with E-state index >= 15 is 0 Å². The molecule has 4 nitrogen and oxygen atoms in total. The van der Waals surface area contributed by atoms with Crippen molar-refractivity contribution in [3.63, 3.8) is 0 Å². The first-order valence-corrected chi connectivity index (χ1v) is 7.44. The van der Waals surface area contributed by atoms with Gasteiger partial charge in [0.15, 0.2) is 0 Å². The molecular weight excluding hydrogens is 331 g/mol. The van der Waals surface area contributed by atoms with Gasteiger partial charge in [0, 0.05) is 23.6 Å². The highest BCUT2D eigenvalue weighted by Gasteiger charge is 2.09. The van der Waals surface area contributed by atoms with E-state index < -0.39 is 5.82 Å². The summed E-state index contributed by atoms with van der Waals surface area (Å²) in [6.07, 6.45) is 3.23. The summed E-state index contributed by atoms with van der Waals surface area (Å²) in [5.41, 5.74) is 0.814. The second-order valence-corrected chi connectivity index (χ2v) is 5.30. The van der Waals surface area contributed by atoms with Gasteiger partial charge in [-0.05, 0) is 48.5 Å². The number of nitrogens with zero attached hydrogens (tertiary/aromatic N) is 1. The Balaban J connectivity index is 1.75. The molecule has 3 rings (SSSR count). The van der Waals surface area contributed by atoms with Gasteiger partial charge in [-0.15, -0.1) is 0 Å². The first-order valence-electron chi connectivity index (χ1n) is 7.06. The number of hydrogen-bond donors (Lipinski definition) is 1. The number of rotatable bonds is 4. The summed E-state index contributed by atoms with van der Waals surface area (Å²) >= 11 is 5.71. The van der Waals surface area contributed by atoms with E-state index in [0.717, 1.165) is 0 Å². The molecule has 1 heterocycles. The van der Waals surface area contributed by atoms with Crippen LogP contribution in [0.25, 0.3) is 0 Å². The van der Waals surface area contributed by atoms with Crippen molar-refractivity contribution in [2.45, 2.75) is 0 Å². The Bertz CT molecular complexity index is 872. The molecule has 1 aromatic heterocycles. The largest absolute Gasteiger partial charge is 0.457 e. The number of halogens is 2. The number of carbonyl (C=O) groups is 1. The molecule has 0 radical (unpaired) electrons. The third kappa shape index (κ3) is 3.88. The van der Waals surface area contributed by atoms with Crippen molar-refractivity contribution in [1.29, 1.82) is 0 Å². The maximum absolute atomic E-state index is 13.2. The van der Waals surface area contributed by atoms with Crippen molar-refractivity contribution in [3.8, 4) is 11.5 Å². The van der Waals surface area contributed by atoms with Crippen LogP contribution in [-0.4, -0.2) is 10.9 Å². The molecule has 0 saturated heterocycles. The third-order valence-corrected chi connectivity index (χ3v) is 3.45. The Morgan fingerprint density at radius 2 is 1.83 bits per heavy atom. The van der Waals surface area contributed by atoms with Gasteiger partial charge in [0.2, 0.25) is 0 Å². The zero-order chi connectivity index (χ0) is 16.9. The van der Waals surface area contributed by atoms with E-state index in [4.69, 9.17) is 16.3 Å². The van der Waals surface area contributed by atoms with Gasteiger partial charge in [-0.3, -0.25) is 9.78 Å². The lowest BCUT2D eigenvalue weighted by atomic mass is 10.2. The zero-order valence-corrected chi connectivity index (χ0v) is 13.1. The summed E-state index contributed by atoms with van der Waals surface area (Å²) < 4.78 is 18.8. The summed E-state index contributed by atoms with van der Waals surface area (Å²) in [6.45, 7) is 0. The number of amides is 1. The van der Waals surface area contributed by atoms with Crippen LogP contribution in [0.2, 0.25) is 5.02 Å². The fraction of sp³-hybridized carbons (Fsp3) is 0. The topological polar surface area (TPSA) is 51.2 Å². The van der Waals surface area contributed by atoms with Crippen molar-refractivity contribution >= 4 is 23.2 Å². The Morgan fingerprint density at radius 3 is 2.58 bits per heavy atom. The second-order valence-electron chi connectivity index (χ2n) is 4.90. The van der Waals surface area contributed by atoms with Gasteiger partial charge in [-0.2, -0.15) is 0 Å². The molecule has 0 fully saturated rings. The summed E-state index contributed by atoms with van der Waals surface area (Å²) in [7, 11) is 0. The number of hydrogen-bond acceptors (Lipinski definition) is 3. The summed E-state index contributed by atoms with van der Waals surface area (Å²) in [6, 6.07) is 14.1. The van der Waals surface area contributed by atoms with Crippen LogP contribution in [0.5, 0.6) is 11.5 Å². The summed E-state index contributed by atoms with van der Waals surface area (Å²) in [5, 5.41) is 2.61. The van der Waals surface area contributed by atoms with E-state index in [-0.39, 0.29) is 10.9 Å². The standard InChI is InChI=1S/C18H12ClFN2O2/c19-16-11-13(4-5-17(16)20)22-18(23)12-2-1-3-15(10-12)24-14-6-8-21-9-7-14/h1-11H,(H,22,23). The minimum absolute atomic E-state index is 0.0532. The molecule has 0 aliphatic heterocycles. The maximum Gasteiger partial charge on any atom is 0.255 e. The maximum atomic E-state index is 13.2. The molecule has 0 saturated carbocycles. The monoisotopic (exact) mass is 342 g/mol. The predicted molar refractivity (Wildman–Crippen MR) is 90.1 cm³/mol. The van der Waals surface area contributed by atoms with Gasteiger partial charge < -0.3 is 10.1 Å². The Kier molecular flexibility index (Phi) is 4.72. The molecule has 0 bridgehead atoms. The normalized spacial score (nSPS) is 10.2. The number of benzene rings is 2. The Labute approximate surface area is 142 Å². The zero-order valence-electron chi connectivity index (χ0n) is 12.4. The van der Waals surface area contributed by atoms with Gasteiger partial charge in [-0.25, -0.2) is 4.39 Å². The van der Waals surface area contributed by atoms with E-state index in [1.165, 1.54) is 18.2 Å². The van der Waals surface area contributed by atoms with E-state index in [1.54, 1.807) is 48.8 Å². The summed E-state index contributed by atoms with van der Waals surface area (Å²) in [4.78, 5) is 16.2. The number of carbonyl (C=O) groups excluding carboxylic acids is 1. The first-order chi connectivity index (χ1) is 11.6. The summed E-state index contributed by atoms with van der Waals surface area (Å²) in [5.74, 6) is 0.249. The van der Waals surface area contributed by atoms with Crippen LogP contribution in [0.15, 0.2) is 67.0 Å². The molecule has 0 atom stereocenters. The molecule has 3 aromatic rings. The lowest BCUT2D eigenvalue weighted by Crippen LogP contribution is -2.11. The van der Waals surface area contributed by atoms with Crippen LogP contribution in [0.1, 0.15) is 10.4 Å². The van der Waals surface area contributed by atoms with Crippen LogP contribution in [0.4, 0.5) is 10.1 Å². The first kappa shape index (κ1) is 16.0. The number of ether oxygens (including phenoxy) is 1. The number of nitrogens with one attached hydrogen (secondary N) is 1. The second kappa shape index (κ2) is 7.10. The number of anilines is 1. The quantitative estimate of drug-likeness (QED) is 0.732. The number of aromatic nitrogens is 1. The van der Waals surface area contributed by atoms with Gasteiger partial charge in [0.05, 0.1) is 5.02 Å². The minimum Gasteiger partial charge on any atom is -0.457 e. The molecular formula is C18H12ClFN2O2. The van der Waals surface area contributed by atoms with Gasteiger partial charge in [-0.1, -0.05) is 17.7 Å². The van der Waals surface area contributed by atoms with Gasteiger partial charge >= 0.3 is 0 Å². The minimum atomic E-state index is -0.539. The van der Waals surface area contributed by atoms with Crippen LogP contribution >= 0.6 is 11.6 Å². The van der Waals surface area contributed by atoms with Crippen molar-refractivity contribution in [2.24, 2.45) is 0 Å².